The van der Waals surface area contributed by atoms with E-state index in [4.69, 9.17) is 9.16 Å². The minimum Gasteiger partial charge on any atom is -0.403 e. The van der Waals surface area contributed by atoms with E-state index in [2.05, 4.69) is 59.3 Å². The second kappa shape index (κ2) is 9.87. The summed E-state index contributed by atoms with van der Waals surface area (Å²) in [5.41, 5.74) is 0.471. The van der Waals surface area contributed by atoms with Crippen LogP contribution in [-0.4, -0.2) is 82.9 Å². The zero-order chi connectivity index (χ0) is 29.0. The van der Waals surface area contributed by atoms with Gasteiger partial charge in [-0.05, 0) is 28.1 Å². The zero-order valence-corrected chi connectivity index (χ0v) is 24.3. The van der Waals surface area contributed by atoms with E-state index < -0.39 is 32.2 Å². The lowest BCUT2D eigenvalue weighted by Crippen LogP contribution is -2.81. The molecule has 210 valence electrons. The van der Waals surface area contributed by atoms with Gasteiger partial charge in [-0.15, -0.1) is 0 Å². The van der Waals surface area contributed by atoms with Gasteiger partial charge in [0.15, 0.2) is 5.82 Å². The van der Waals surface area contributed by atoms with E-state index in [1.165, 1.54) is 11.9 Å². The summed E-state index contributed by atoms with van der Waals surface area (Å²) in [5.74, 6) is 0.435. The quantitative estimate of drug-likeness (QED) is 0.196. The number of aliphatic hydroxyl groups excluding tert-OH is 2. The first-order chi connectivity index (χ1) is 19.7. The molecular weight excluding hydrogens is 536 g/mol. The predicted molar refractivity (Wildman–Crippen MR) is 156 cm³/mol. The average molecular weight is 569 g/mol. The summed E-state index contributed by atoms with van der Waals surface area (Å²) < 4.78 is 14.7. The molecule has 2 aromatic heterocycles. The standard InChI is InChI=1S/C30H32N6O4Si/c1-29(2)21-12-8-9-13-24(21)41(29,20-10-6-5-7-11-20)39-17-30(16-31)27(38)25(37)26(40-30)22-14-15-23-28(33-19-35(3)4)32-18-34-36(22)23/h5-15,18-19,25-27,37-38H,17H2,1-4H3/t25-,26-,27-,30+,41?/m0/s1. The minimum absolute atomic E-state index is 0.215. The van der Waals surface area contributed by atoms with Crippen LogP contribution in [0.25, 0.3) is 5.52 Å². The molecule has 2 aromatic carbocycles. The molecule has 11 heteroatoms. The third kappa shape index (κ3) is 3.94. The van der Waals surface area contributed by atoms with E-state index in [0.717, 1.165) is 10.4 Å². The van der Waals surface area contributed by atoms with Crippen molar-refractivity contribution in [3.63, 3.8) is 0 Å². The number of hydrogen-bond donors (Lipinski definition) is 2. The fourth-order valence-electron chi connectivity index (χ4n) is 6.26. The number of aliphatic imine (C=N–C) groups is 1. The third-order valence-electron chi connectivity index (χ3n) is 8.34. The fraction of sp³-hybridized carbons (Fsp3) is 0.333. The molecule has 41 heavy (non-hydrogen) atoms. The summed E-state index contributed by atoms with van der Waals surface area (Å²) in [6.07, 6.45) is -0.952. The van der Waals surface area contributed by atoms with Crippen molar-refractivity contribution in [1.29, 1.82) is 5.26 Å². The van der Waals surface area contributed by atoms with Crippen LogP contribution in [0.3, 0.4) is 0 Å². The largest absolute Gasteiger partial charge is 0.403 e. The molecule has 2 N–H and O–H groups in total. The van der Waals surface area contributed by atoms with Gasteiger partial charge in [-0.1, -0.05) is 68.4 Å². The maximum Gasteiger partial charge on any atom is 0.266 e. The van der Waals surface area contributed by atoms with Gasteiger partial charge in [0.25, 0.3) is 8.32 Å². The Hall–Kier alpha value is -3.92. The Kier molecular flexibility index (Phi) is 6.56. The van der Waals surface area contributed by atoms with Crippen molar-refractivity contribution >= 4 is 36.4 Å². The topological polar surface area (TPSA) is 128 Å². The predicted octanol–water partition coefficient (Wildman–Crippen LogP) is 1.61. The molecule has 0 bridgehead atoms. The summed E-state index contributed by atoms with van der Waals surface area (Å²) in [7, 11) is 0.832. The van der Waals surface area contributed by atoms with Crippen LogP contribution in [0, 0.1) is 11.3 Å². The molecule has 6 rings (SSSR count). The summed E-state index contributed by atoms with van der Waals surface area (Å²) >= 11 is 0. The molecule has 1 unspecified atom stereocenters. The van der Waals surface area contributed by atoms with Crippen LogP contribution >= 0.6 is 0 Å². The molecule has 0 spiro atoms. The lowest BCUT2D eigenvalue weighted by atomic mass is 9.96. The molecule has 4 aromatic rings. The molecule has 5 atom stereocenters. The Morgan fingerprint density at radius 1 is 1.12 bits per heavy atom. The zero-order valence-electron chi connectivity index (χ0n) is 23.3. The van der Waals surface area contributed by atoms with Crippen LogP contribution in [0.15, 0.2) is 78.0 Å². The first-order valence-corrected chi connectivity index (χ1v) is 15.3. The van der Waals surface area contributed by atoms with Crippen LogP contribution in [0.4, 0.5) is 5.82 Å². The lowest BCUT2D eigenvalue weighted by molar-refractivity contribution is -0.0712. The normalized spacial score (nSPS) is 28.4. The number of fused-ring (bicyclic) bond motifs is 2. The Morgan fingerprint density at radius 2 is 1.85 bits per heavy atom. The number of aliphatic hydroxyl groups is 2. The van der Waals surface area contributed by atoms with Crippen LogP contribution < -0.4 is 10.4 Å². The van der Waals surface area contributed by atoms with Gasteiger partial charge in [-0.3, -0.25) is 0 Å². The highest BCUT2D eigenvalue weighted by atomic mass is 28.4. The van der Waals surface area contributed by atoms with Crippen LogP contribution in [0.5, 0.6) is 0 Å². The molecule has 2 aliphatic rings. The van der Waals surface area contributed by atoms with E-state index >= 15 is 0 Å². The highest BCUT2D eigenvalue weighted by molar-refractivity contribution is 7.03. The number of rotatable bonds is 7. The Labute approximate surface area is 239 Å². The van der Waals surface area contributed by atoms with E-state index in [1.807, 2.05) is 44.4 Å². The summed E-state index contributed by atoms with van der Waals surface area (Å²) in [4.78, 5) is 10.4. The van der Waals surface area contributed by atoms with Crippen molar-refractivity contribution in [3.05, 3.63) is 84.3 Å². The van der Waals surface area contributed by atoms with Gasteiger partial charge in [0, 0.05) is 19.1 Å². The first-order valence-electron chi connectivity index (χ1n) is 13.4. The molecule has 0 radical (unpaired) electrons. The van der Waals surface area contributed by atoms with Crippen molar-refractivity contribution in [1.82, 2.24) is 19.5 Å². The monoisotopic (exact) mass is 568 g/mol. The third-order valence-corrected chi connectivity index (χ3v) is 13.3. The van der Waals surface area contributed by atoms with Crippen molar-refractivity contribution < 1.29 is 19.4 Å². The van der Waals surface area contributed by atoms with Gasteiger partial charge < -0.3 is 24.3 Å². The van der Waals surface area contributed by atoms with Crippen molar-refractivity contribution in [3.8, 4) is 6.07 Å². The molecule has 1 saturated heterocycles. The smallest absolute Gasteiger partial charge is 0.266 e. The molecule has 1 fully saturated rings. The number of aromatic nitrogens is 3. The maximum absolute atomic E-state index is 11.3. The molecule has 0 saturated carbocycles. The van der Waals surface area contributed by atoms with Gasteiger partial charge in [-0.25, -0.2) is 14.5 Å². The maximum atomic E-state index is 11.3. The summed E-state index contributed by atoms with van der Waals surface area (Å²) in [5, 5.41) is 39.2. The van der Waals surface area contributed by atoms with Gasteiger partial charge in [-0.2, -0.15) is 10.4 Å². The number of ether oxygens (including phenoxy) is 1. The van der Waals surface area contributed by atoms with Crippen molar-refractivity contribution in [2.45, 2.75) is 42.8 Å². The molecule has 0 aliphatic carbocycles. The SMILES string of the molecule is CN(C)C=Nc1ncnn2c([C@@H]3O[C@](C#N)(CO[Si]4(c5ccccc5)c5ccccc5C4(C)C)[C@@H](O)[C@H]3O)ccc12. The number of nitrogens with zero attached hydrogens (tertiary/aromatic N) is 6. The second-order valence-corrected chi connectivity index (χ2v) is 15.3. The molecular formula is C30H32N6O4Si. The minimum atomic E-state index is -2.88. The number of hydrogen-bond acceptors (Lipinski definition) is 8. The lowest BCUT2D eigenvalue weighted by Gasteiger charge is -2.55. The average Bonchev–Trinajstić information content (AvgIpc) is 3.52. The van der Waals surface area contributed by atoms with Crippen molar-refractivity contribution in [2.24, 2.45) is 4.99 Å². The number of benzene rings is 2. The first kappa shape index (κ1) is 27.3. The molecule has 4 heterocycles. The Balaban J connectivity index is 1.35. The summed E-state index contributed by atoms with van der Waals surface area (Å²) in [6.45, 7) is 4.12. The number of nitriles is 1. The van der Waals surface area contributed by atoms with Crippen molar-refractivity contribution in [2.75, 3.05) is 20.7 Å². The van der Waals surface area contributed by atoms with Gasteiger partial charge in [0.2, 0.25) is 5.60 Å². The van der Waals surface area contributed by atoms with E-state index in [-0.39, 0.29) is 11.6 Å². The molecule has 0 amide bonds. The van der Waals surface area contributed by atoms with E-state index in [0.29, 0.717) is 17.0 Å². The van der Waals surface area contributed by atoms with Gasteiger partial charge in [0.05, 0.1) is 18.6 Å². The highest BCUT2D eigenvalue weighted by Crippen LogP contribution is 2.45. The second-order valence-electron chi connectivity index (χ2n) is 11.3. The summed E-state index contributed by atoms with van der Waals surface area (Å²) in [6, 6.07) is 24.0. The van der Waals surface area contributed by atoms with Crippen LogP contribution in [-0.2, 0) is 14.2 Å². The van der Waals surface area contributed by atoms with E-state index in [1.54, 1.807) is 27.9 Å². The van der Waals surface area contributed by atoms with E-state index in [9.17, 15) is 15.5 Å². The Bertz CT molecular complexity index is 1670. The van der Waals surface area contributed by atoms with Crippen LogP contribution in [0.2, 0.25) is 0 Å². The van der Waals surface area contributed by atoms with Gasteiger partial charge >= 0.3 is 0 Å². The molecule has 10 nitrogen and oxygen atoms in total. The van der Waals surface area contributed by atoms with Gasteiger partial charge in [0.1, 0.15) is 36.2 Å². The van der Waals surface area contributed by atoms with Crippen LogP contribution in [0.1, 0.15) is 31.2 Å². The Morgan fingerprint density at radius 3 is 2.59 bits per heavy atom. The fourth-order valence-corrected chi connectivity index (χ4v) is 11.3. The molecule has 2 aliphatic heterocycles. The highest BCUT2D eigenvalue weighted by Gasteiger charge is 2.65.